The van der Waals surface area contributed by atoms with E-state index in [1.807, 2.05) is 14.0 Å². The zero-order valence-electron chi connectivity index (χ0n) is 16.5. The summed E-state index contributed by atoms with van der Waals surface area (Å²) in [5.41, 5.74) is 4.93. The van der Waals surface area contributed by atoms with Crippen molar-refractivity contribution in [1.82, 2.24) is 14.8 Å². The summed E-state index contributed by atoms with van der Waals surface area (Å²) in [7, 11) is 1.82. The van der Waals surface area contributed by atoms with E-state index in [0.29, 0.717) is 18.8 Å². The van der Waals surface area contributed by atoms with Crippen molar-refractivity contribution in [2.24, 2.45) is 0 Å². The molecule has 2 aromatic rings. The van der Waals surface area contributed by atoms with E-state index < -0.39 is 0 Å². The number of benzene rings is 1. The fourth-order valence-corrected chi connectivity index (χ4v) is 3.97. The van der Waals surface area contributed by atoms with Crippen LogP contribution in [0.15, 0.2) is 12.1 Å². The highest BCUT2D eigenvalue weighted by molar-refractivity contribution is 6.03. The van der Waals surface area contributed by atoms with Gasteiger partial charge in [-0.15, -0.1) is 0 Å². The number of nitrogens with one attached hydrogen (secondary N) is 1. The Hall–Kier alpha value is -2.30. The molecule has 0 aliphatic carbocycles. The van der Waals surface area contributed by atoms with E-state index >= 15 is 0 Å². The summed E-state index contributed by atoms with van der Waals surface area (Å²) in [5, 5.41) is 1.09. The first-order chi connectivity index (χ1) is 12.3. The van der Waals surface area contributed by atoms with Crippen LogP contribution in [0, 0.1) is 20.8 Å². The minimum atomic E-state index is -0.352. The lowest BCUT2D eigenvalue weighted by Gasteiger charge is -2.39. The number of unbranched alkanes of at least 4 members (excludes halogenated alkanes) is 1. The number of hydrogen-bond donors (Lipinski definition) is 1. The van der Waals surface area contributed by atoms with E-state index in [1.54, 1.807) is 9.80 Å². The molecule has 2 amide bonds. The molecule has 1 N–H and O–H groups in total. The highest BCUT2D eigenvalue weighted by atomic mass is 16.2. The number of carbonyl (C=O) groups excluding carboxylic acids is 2. The molecule has 5 heteroatoms. The molecule has 1 atom stereocenters. The molecular weight excluding hydrogens is 326 g/mol. The average molecular weight is 355 g/mol. The highest BCUT2D eigenvalue weighted by Crippen LogP contribution is 2.28. The van der Waals surface area contributed by atoms with Crippen LogP contribution in [0.3, 0.4) is 0 Å². The Balaban J connectivity index is 1.99. The van der Waals surface area contributed by atoms with E-state index in [4.69, 9.17) is 0 Å². The quantitative estimate of drug-likeness (QED) is 0.911. The topological polar surface area (TPSA) is 56.4 Å². The lowest BCUT2D eigenvalue weighted by Crippen LogP contribution is -2.57. The molecular formula is C21H29N3O2. The van der Waals surface area contributed by atoms with E-state index in [0.717, 1.165) is 41.3 Å². The van der Waals surface area contributed by atoms with Gasteiger partial charge in [-0.25, -0.2) is 0 Å². The van der Waals surface area contributed by atoms with Crippen LogP contribution in [0.2, 0.25) is 0 Å². The Labute approximate surface area is 155 Å². The number of aromatic amines is 1. The summed E-state index contributed by atoms with van der Waals surface area (Å²) in [6.45, 7) is 9.40. The molecule has 0 saturated carbocycles. The molecule has 1 aliphatic heterocycles. The molecule has 2 heterocycles. The summed E-state index contributed by atoms with van der Waals surface area (Å²) >= 11 is 0. The Morgan fingerprint density at radius 3 is 2.65 bits per heavy atom. The van der Waals surface area contributed by atoms with Gasteiger partial charge in [0.2, 0.25) is 5.91 Å². The molecule has 1 aromatic carbocycles. The molecule has 0 bridgehead atoms. The Morgan fingerprint density at radius 1 is 1.23 bits per heavy atom. The molecule has 1 aromatic heterocycles. The third-order valence-corrected chi connectivity index (χ3v) is 5.53. The number of nitrogens with zero attached hydrogens (tertiary/aromatic N) is 2. The van der Waals surface area contributed by atoms with Crippen molar-refractivity contribution in [2.75, 3.05) is 20.1 Å². The number of aromatic nitrogens is 1. The van der Waals surface area contributed by atoms with Crippen LogP contribution in [-0.4, -0.2) is 52.8 Å². The molecule has 5 nitrogen and oxygen atoms in total. The summed E-state index contributed by atoms with van der Waals surface area (Å²) < 4.78 is 0. The van der Waals surface area contributed by atoms with Crippen LogP contribution in [0.5, 0.6) is 0 Å². The van der Waals surface area contributed by atoms with E-state index in [2.05, 4.69) is 37.9 Å². The maximum absolute atomic E-state index is 13.3. The monoisotopic (exact) mass is 355 g/mol. The Morgan fingerprint density at radius 2 is 1.96 bits per heavy atom. The summed E-state index contributed by atoms with van der Waals surface area (Å²) in [6.07, 6.45) is 2.68. The van der Waals surface area contributed by atoms with Crippen LogP contribution in [0.4, 0.5) is 0 Å². The molecule has 0 spiro atoms. The van der Waals surface area contributed by atoms with Crippen LogP contribution < -0.4 is 0 Å². The van der Waals surface area contributed by atoms with E-state index in [-0.39, 0.29) is 17.9 Å². The van der Waals surface area contributed by atoms with Crippen molar-refractivity contribution in [3.63, 3.8) is 0 Å². The number of carbonyl (C=O) groups is 2. The summed E-state index contributed by atoms with van der Waals surface area (Å²) in [5.74, 6) is -0.00264. The van der Waals surface area contributed by atoms with Crippen LogP contribution >= 0.6 is 0 Å². The van der Waals surface area contributed by atoms with Gasteiger partial charge in [0.25, 0.3) is 5.91 Å². The van der Waals surface area contributed by atoms with Gasteiger partial charge in [0, 0.05) is 31.0 Å². The average Bonchev–Trinajstić information content (AvgIpc) is 2.93. The lowest BCUT2D eigenvalue weighted by atomic mass is 10.0. The van der Waals surface area contributed by atoms with Gasteiger partial charge >= 0.3 is 0 Å². The molecule has 0 radical (unpaired) electrons. The van der Waals surface area contributed by atoms with Crippen molar-refractivity contribution in [3.05, 3.63) is 34.5 Å². The summed E-state index contributed by atoms with van der Waals surface area (Å²) in [6, 6.07) is 3.89. The van der Waals surface area contributed by atoms with Crippen LogP contribution in [-0.2, 0) is 4.79 Å². The van der Waals surface area contributed by atoms with Crippen molar-refractivity contribution < 1.29 is 9.59 Å². The zero-order valence-corrected chi connectivity index (χ0v) is 16.5. The van der Waals surface area contributed by atoms with E-state index in [9.17, 15) is 9.59 Å². The van der Waals surface area contributed by atoms with Crippen molar-refractivity contribution in [1.29, 1.82) is 0 Å². The number of aryl methyl sites for hydroxylation is 3. The number of amides is 2. The standard InChI is InChI=1S/C21H29N3O2/c1-6-7-8-17-20(25)23(5)9-10-24(17)21(26)19-15(4)16-12-13(2)11-14(3)18(16)22-19/h11-12,17,22H,6-10H2,1-5H3. The summed E-state index contributed by atoms with van der Waals surface area (Å²) in [4.78, 5) is 32.9. The number of H-pyrrole nitrogens is 1. The van der Waals surface area contributed by atoms with Gasteiger partial charge in [0.05, 0.1) is 0 Å². The van der Waals surface area contributed by atoms with Gasteiger partial charge in [0.15, 0.2) is 0 Å². The first kappa shape index (κ1) is 18.5. The third-order valence-electron chi connectivity index (χ3n) is 5.53. The van der Waals surface area contributed by atoms with Gasteiger partial charge in [-0.05, 0) is 44.4 Å². The molecule has 26 heavy (non-hydrogen) atoms. The minimum Gasteiger partial charge on any atom is -0.350 e. The molecule has 1 aliphatic rings. The number of rotatable bonds is 4. The lowest BCUT2D eigenvalue weighted by molar-refractivity contribution is -0.138. The second-order valence-electron chi connectivity index (χ2n) is 7.55. The number of fused-ring (bicyclic) bond motifs is 1. The fraction of sp³-hybridized carbons (Fsp3) is 0.524. The van der Waals surface area contributed by atoms with E-state index in [1.165, 1.54) is 5.56 Å². The second-order valence-corrected chi connectivity index (χ2v) is 7.55. The maximum atomic E-state index is 13.3. The molecule has 1 unspecified atom stereocenters. The first-order valence-electron chi connectivity index (χ1n) is 9.50. The highest BCUT2D eigenvalue weighted by Gasteiger charge is 2.36. The first-order valence-corrected chi connectivity index (χ1v) is 9.50. The third kappa shape index (κ3) is 3.11. The van der Waals surface area contributed by atoms with Gasteiger partial charge in [-0.1, -0.05) is 31.4 Å². The zero-order chi connectivity index (χ0) is 19.0. The van der Waals surface area contributed by atoms with Crippen molar-refractivity contribution in [2.45, 2.75) is 53.0 Å². The normalized spacial score (nSPS) is 18.0. The van der Waals surface area contributed by atoms with Gasteiger partial charge in [-0.3, -0.25) is 9.59 Å². The number of piperazine rings is 1. The smallest absolute Gasteiger partial charge is 0.271 e. The predicted molar refractivity (Wildman–Crippen MR) is 104 cm³/mol. The molecule has 140 valence electrons. The Kier molecular flexibility index (Phi) is 5.08. The number of likely N-dealkylation sites (N-methyl/N-ethyl adjacent to an activating group) is 1. The Bertz CT molecular complexity index is 853. The van der Waals surface area contributed by atoms with Gasteiger partial charge in [-0.2, -0.15) is 0 Å². The van der Waals surface area contributed by atoms with Crippen LogP contribution in [0.1, 0.15) is 53.4 Å². The molecule has 1 fully saturated rings. The fourth-order valence-electron chi connectivity index (χ4n) is 3.97. The second kappa shape index (κ2) is 7.14. The van der Waals surface area contributed by atoms with Crippen LogP contribution in [0.25, 0.3) is 10.9 Å². The maximum Gasteiger partial charge on any atom is 0.271 e. The predicted octanol–water partition coefficient (Wildman–Crippen LogP) is 3.57. The van der Waals surface area contributed by atoms with Crippen molar-refractivity contribution in [3.8, 4) is 0 Å². The molecule has 1 saturated heterocycles. The van der Waals surface area contributed by atoms with Gasteiger partial charge in [0.1, 0.15) is 11.7 Å². The largest absolute Gasteiger partial charge is 0.350 e. The van der Waals surface area contributed by atoms with Gasteiger partial charge < -0.3 is 14.8 Å². The SMILES string of the molecule is CCCCC1C(=O)N(C)CCN1C(=O)c1[nH]c2c(C)cc(C)cc2c1C. The molecule has 3 rings (SSSR count). The van der Waals surface area contributed by atoms with Crippen molar-refractivity contribution >= 4 is 22.7 Å². The number of hydrogen-bond acceptors (Lipinski definition) is 2. The minimum absolute atomic E-state index is 0.0545.